The van der Waals surface area contributed by atoms with E-state index in [9.17, 15) is 0 Å². The third-order valence-corrected chi connectivity index (χ3v) is 2.85. The van der Waals surface area contributed by atoms with E-state index in [4.69, 9.17) is 10.5 Å². The Labute approximate surface area is 91.1 Å². The van der Waals surface area contributed by atoms with Crippen LogP contribution in [-0.4, -0.2) is 12.6 Å². The van der Waals surface area contributed by atoms with Crippen LogP contribution in [-0.2, 0) is 10.3 Å². The van der Waals surface area contributed by atoms with Crippen molar-refractivity contribution in [3.63, 3.8) is 0 Å². The van der Waals surface area contributed by atoms with Crippen LogP contribution in [0.4, 0.5) is 0 Å². The Morgan fingerprint density at radius 1 is 1.43 bits per heavy atom. The minimum absolute atomic E-state index is 0.274. The number of nitrogens with two attached hydrogens (primary N) is 1. The Morgan fingerprint density at radius 3 is 2.57 bits per heavy atom. The maximum absolute atomic E-state index is 5.50. The standard InChI is InChI=1S/C10H11BrN2O/c1-10(6-14-9(12)13-10)7-2-4-8(11)5-3-7/h2-5H,6H2,1H3,(H2,12,13)/t10-/m0/s1. The van der Waals surface area contributed by atoms with Crippen LogP contribution >= 0.6 is 15.9 Å². The first-order chi connectivity index (χ1) is 6.60. The van der Waals surface area contributed by atoms with Gasteiger partial charge >= 0.3 is 0 Å². The summed E-state index contributed by atoms with van der Waals surface area (Å²) in [5, 5.41) is 0. The number of rotatable bonds is 1. The lowest BCUT2D eigenvalue weighted by Crippen LogP contribution is -2.20. The normalized spacial score (nSPS) is 25.7. The molecule has 1 heterocycles. The van der Waals surface area contributed by atoms with E-state index in [1.165, 1.54) is 0 Å². The zero-order valence-corrected chi connectivity index (χ0v) is 9.41. The van der Waals surface area contributed by atoms with Crippen molar-refractivity contribution in [2.24, 2.45) is 10.7 Å². The number of hydrogen-bond donors (Lipinski definition) is 1. The Kier molecular flexibility index (Phi) is 2.23. The fraction of sp³-hybridized carbons (Fsp3) is 0.300. The van der Waals surface area contributed by atoms with Crippen molar-refractivity contribution >= 4 is 22.0 Å². The van der Waals surface area contributed by atoms with E-state index in [0.717, 1.165) is 10.0 Å². The summed E-state index contributed by atoms with van der Waals surface area (Å²) in [6.45, 7) is 2.52. The van der Waals surface area contributed by atoms with E-state index in [2.05, 4.69) is 20.9 Å². The summed E-state index contributed by atoms with van der Waals surface area (Å²) in [4.78, 5) is 4.28. The Morgan fingerprint density at radius 2 is 2.07 bits per heavy atom. The van der Waals surface area contributed by atoms with E-state index in [0.29, 0.717) is 6.61 Å². The summed E-state index contributed by atoms with van der Waals surface area (Å²) in [5.74, 6) is 0. The van der Waals surface area contributed by atoms with Gasteiger partial charge < -0.3 is 10.5 Å². The van der Waals surface area contributed by atoms with E-state index < -0.39 is 0 Å². The third-order valence-electron chi connectivity index (χ3n) is 2.32. The smallest absolute Gasteiger partial charge is 0.283 e. The highest BCUT2D eigenvalue weighted by molar-refractivity contribution is 9.10. The predicted octanol–water partition coefficient (Wildman–Crippen LogP) is 2.01. The van der Waals surface area contributed by atoms with E-state index >= 15 is 0 Å². The first kappa shape index (κ1) is 9.52. The molecule has 2 rings (SSSR count). The van der Waals surface area contributed by atoms with Crippen LogP contribution in [0.2, 0.25) is 0 Å². The molecule has 2 N–H and O–H groups in total. The lowest BCUT2D eigenvalue weighted by molar-refractivity contribution is 0.266. The van der Waals surface area contributed by atoms with Gasteiger partial charge in [-0.25, -0.2) is 4.99 Å². The van der Waals surface area contributed by atoms with Gasteiger partial charge in [-0.1, -0.05) is 28.1 Å². The highest BCUT2D eigenvalue weighted by Gasteiger charge is 2.32. The maximum atomic E-state index is 5.50. The first-order valence-corrected chi connectivity index (χ1v) is 5.14. The van der Waals surface area contributed by atoms with Gasteiger partial charge in [0.2, 0.25) is 0 Å². The average molecular weight is 255 g/mol. The summed E-state index contributed by atoms with van der Waals surface area (Å²) in [5.41, 5.74) is 6.28. The van der Waals surface area contributed by atoms with Crippen molar-refractivity contribution in [3.05, 3.63) is 34.3 Å². The molecule has 0 spiro atoms. The Balaban J connectivity index is 2.35. The molecule has 1 aromatic carbocycles. The number of amidine groups is 1. The molecule has 0 unspecified atom stereocenters. The fourth-order valence-corrected chi connectivity index (χ4v) is 1.74. The molecule has 1 aliphatic heterocycles. The highest BCUT2D eigenvalue weighted by atomic mass is 79.9. The number of aliphatic imine (C=N–C) groups is 1. The van der Waals surface area contributed by atoms with Crippen LogP contribution in [0, 0.1) is 0 Å². The molecular weight excluding hydrogens is 244 g/mol. The summed E-state index contributed by atoms with van der Waals surface area (Å²) in [6, 6.07) is 8.30. The van der Waals surface area contributed by atoms with E-state index in [-0.39, 0.29) is 11.6 Å². The highest BCUT2D eigenvalue weighted by Crippen LogP contribution is 2.30. The van der Waals surface area contributed by atoms with Gasteiger partial charge in [0.1, 0.15) is 12.1 Å². The second-order valence-corrected chi connectivity index (χ2v) is 4.44. The van der Waals surface area contributed by atoms with Gasteiger partial charge in [0.05, 0.1) is 0 Å². The van der Waals surface area contributed by atoms with Gasteiger partial charge in [-0.15, -0.1) is 0 Å². The molecule has 1 aliphatic rings. The molecule has 4 heteroatoms. The number of nitrogens with zero attached hydrogens (tertiary/aromatic N) is 1. The van der Waals surface area contributed by atoms with Crippen LogP contribution in [0.5, 0.6) is 0 Å². The van der Waals surface area contributed by atoms with Crippen molar-refractivity contribution in [3.8, 4) is 0 Å². The molecule has 0 aromatic heterocycles. The van der Waals surface area contributed by atoms with Gasteiger partial charge in [-0.2, -0.15) is 0 Å². The first-order valence-electron chi connectivity index (χ1n) is 4.34. The number of ether oxygens (including phenoxy) is 1. The molecule has 1 atom stereocenters. The molecule has 74 valence electrons. The van der Waals surface area contributed by atoms with Gasteiger partial charge in [-0.05, 0) is 24.6 Å². The third kappa shape index (κ3) is 1.62. The molecule has 14 heavy (non-hydrogen) atoms. The molecule has 3 nitrogen and oxygen atoms in total. The SMILES string of the molecule is C[C@@]1(c2ccc(Br)cc2)COC(N)=N1. The number of benzene rings is 1. The topological polar surface area (TPSA) is 47.6 Å². The quantitative estimate of drug-likeness (QED) is 0.834. The van der Waals surface area contributed by atoms with Crippen LogP contribution in [0.15, 0.2) is 33.7 Å². The van der Waals surface area contributed by atoms with Gasteiger partial charge in [0.15, 0.2) is 0 Å². The zero-order valence-electron chi connectivity index (χ0n) is 7.83. The van der Waals surface area contributed by atoms with Crippen LogP contribution in [0.25, 0.3) is 0 Å². The fourth-order valence-electron chi connectivity index (χ4n) is 1.48. The van der Waals surface area contributed by atoms with Crippen LogP contribution < -0.4 is 5.73 Å². The summed E-state index contributed by atoms with van der Waals surface area (Å²) in [7, 11) is 0. The van der Waals surface area contributed by atoms with Gasteiger partial charge in [-0.3, -0.25) is 0 Å². The minimum Gasteiger partial charge on any atom is -0.462 e. The molecule has 0 radical (unpaired) electrons. The molecule has 1 aromatic rings. The second kappa shape index (κ2) is 3.28. The second-order valence-electron chi connectivity index (χ2n) is 3.52. The molecular formula is C10H11BrN2O. The van der Waals surface area contributed by atoms with Crippen molar-refractivity contribution in [2.75, 3.05) is 6.61 Å². The van der Waals surface area contributed by atoms with E-state index in [1.54, 1.807) is 0 Å². The van der Waals surface area contributed by atoms with Crippen molar-refractivity contribution < 1.29 is 4.74 Å². The zero-order chi connectivity index (χ0) is 10.2. The Bertz CT molecular complexity index is 374. The van der Waals surface area contributed by atoms with Crippen molar-refractivity contribution in [1.82, 2.24) is 0 Å². The average Bonchev–Trinajstić information content (AvgIpc) is 2.48. The van der Waals surface area contributed by atoms with E-state index in [1.807, 2.05) is 31.2 Å². The molecule has 0 fully saturated rings. The van der Waals surface area contributed by atoms with Crippen molar-refractivity contribution in [2.45, 2.75) is 12.5 Å². The summed E-state index contributed by atoms with van der Waals surface area (Å²) in [6.07, 6.45) is 0. The lowest BCUT2D eigenvalue weighted by atomic mass is 9.94. The maximum Gasteiger partial charge on any atom is 0.283 e. The van der Waals surface area contributed by atoms with Crippen LogP contribution in [0.3, 0.4) is 0 Å². The molecule has 0 saturated heterocycles. The number of halogens is 1. The monoisotopic (exact) mass is 254 g/mol. The number of hydrogen-bond acceptors (Lipinski definition) is 3. The molecule has 0 aliphatic carbocycles. The van der Waals surface area contributed by atoms with Crippen LogP contribution in [0.1, 0.15) is 12.5 Å². The molecule has 0 bridgehead atoms. The largest absolute Gasteiger partial charge is 0.462 e. The molecule has 0 amide bonds. The summed E-state index contributed by atoms with van der Waals surface area (Å²) >= 11 is 3.39. The van der Waals surface area contributed by atoms with Gasteiger partial charge in [0, 0.05) is 4.47 Å². The molecule has 0 saturated carbocycles. The Hall–Kier alpha value is -1.03. The minimum atomic E-state index is -0.329. The lowest BCUT2D eigenvalue weighted by Gasteiger charge is -2.18. The van der Waals surface area contributed by atoms with Crippen molar-refractivity contribution in [1.29, 1.82) is 0 Å². The summed E-state index contributed by atoms with van der Waals surface area (Å²) < 4.78 is 6.23. The van der Waals surface area contributed by atoms with Gasteiger partial charge in [0.25, 0.3) is 6.02 Å². The predicted molar refractivity (Wildman–Crippen MR) is 59.1 cm³/mol.